The van der Waals surface area contributed by atoms with Crippen molar-refractivity contribution in [1.29, 1.82) is 0 Å². The third-order valence-electron chi connectivity index (χ3n) is 20.8. The molecule has 0 fully saturated rings. The summed E-state index contributed by atoms with van der Waals surface area (Å²) in [7, 11) is 0. The molecular weight excluding hydrogens is 1400 g/mol. The number of hydrogen-bond acceptors (Lipinski definition) is 4. The van der Waals surface area contributed by atoms with Crippen LogP contribution in [0.4, 0.5) is 34.1 Å². The van der Waals surface area contributed by atoms with Crippen LogP contribution in [0.3, 0.4) is 0 Å². The van der Waals surface area contributed by atoms with E-state index < -0.39 is 0 Å². The predicted molar refractivity (Wildman–Crippen MR) is 440 cm³/mol. The van der Waals surface area contributed by atoms with E-state index in [0.717, 1.165) is 78.0 Å². The van der Waals surface area contributed by atoms with Gasteiger partial charge in [-0.1, -0.05) is 72.8 Å². The van der Waals surface area contributed by atoms with E-state index in [9.17, 15) is 0 Å². The van der Waals surface area contributed by atoms with Gasteiger partial charge in [0.05, 0.1) is 11.0 Å². The molecule has 0 atom stereocenters. The van der Waals surface area contributed by atoms with Gasteiger partial charge in [-0.05, 0) is 36.4 Å². The molecule has 0 aliphatic heterocycles. The molecular formula is C96H60N4O2Se2. The summed E-state index contributed by atoms with van der Waals surface area (Å²) in [5, 5.41) is 15.0. The number of anilines is 6. The Hall–Kier alpha value is -12.6. The van der Waals surface area contributed by atoms with Crippen molar-refractivity contribution in [3.05, 3.63) is 364 Å². The van der Waals surface area contributed by atoms with Crippen LogP contribution in [-0.4, -0.2) is 38.1 Å². The third-order valence-corrected chi connectivity index (χ3v) is 25.5. The van der Waals surface area contributed by atoms with Crippen LogP contribution in [0, 0.1) is 0 Å². The van der Waals surface area contributed by atoms with Gasteiger partial charge in [0.15, 0.2) is 0 Å². The van der Waals surface area contributed by atoms with Crippen molar-refractivity contribution >= 4 is 189 Å². The molecule has 0 spiro atoms. The molecule has 22 rings (SSSR count). The minimum Gasteiger partial charge on any atom is -0.0602 e. The van der Waals surface area contributed by atoms with Crippen molar-refractivity contribution in [2.45, 2.75) is 0 Å². The number of rotatable bonds is 10. The van der Waals surface area contributed by atoms with Crippen LogP contribution in [-0.2, 0) is 0 Å². The minimum atomic E-state index is 0.258. The Kier molecular flexibility index (Phi) is 14.2. The SMILES string of the molecule is c1ccc(-n2c3ccccc3c3cc(-c4ccc(N(c5ccc6c(c5)[se]c5ccccc56)c5ccc6oc7ccccc7c6c5)cc4)ccc32)cc1.c1ccc(-n2c3ccccc3c3cc(-c4ccc(N(c5ccc6c(c5)[se]c5ccccc56)c5cccc6oc7ccccc7c56)cc4)ccc32)cc1. The van der Waals surface area contributed by atoms with Gasteiger partial charge in [0, 0.05) is 11.4 Å². The van der Waals surface area contributed by atoms with E-state index in [1.165, 1.54) is 116 Å². The first kappa shape index (κ1) is 60.2. The van der Waals surface area contributed by atoms with E-state index in [4.69, 9.17) is 8.83 Å². The van der Waals surface area contributed by atoms with Crippen LogP contribution in [0.25, 0.3) is 160 Å². The van der Waals surface area contributed by atoms with Crippen molar-refractivity contribution < 1.29 is 8.83 Å². The number of fused-ring (bicyclic) bond motifs is 18. The molecule has 104 heavy (non-hydrogen) atoms. The number of furan rings is 2. The average molecular weight is 1460 g/mol. The summed E-state index contributed by atoms with van der Waals surface area (Å²) in [6, 6.07) is 132. The Morgan fingerprint density at radius 2 is 0.596 bits per heavy atom. The van der Waals surface area contributed by atoms with Crippen LogP contribution in [0.1, 0.15) is 0 Å². The summed E-state index contributed by atoms with van der Waals surface area (Å²) in [5.41, 5.74) is 22.3. The van der Waals surface area contributed by atoms with Crippen molar-refractivity contribution in [2.75, 3.05) is 9.80 Å². The molecule has 0 bridgehead atoms. The Morgan fingerprint density at radius 1 is 0.212 bits per heavy atom. The monoisotopic (exact) mass is 1460 g/mol. The molecule has 0 radical (unpaired) electrons. The summed E-state index contributed by atoms with van der Waals surface area (Å²) in [6.07, 6.45) is 0. The molecule has 22 aromatic rings. The van der Waals surface area contributed by atoms with Crippen LogP contribution < -0.4 is 9.80 Å². The summed E-state index contributed by atoms with van der Waals surface area (Å²) in [6.45, 7) is 0. The first-order valence-electron chi connectivity index (χ1n) is 35.2. The molecule has 6 nitrogen and oxygen atoms in total. The Morgan fingerprint density at radius 3 is 1.16 bits per heavy atom. The Labute approximate surface area is 610 Å². The van der Waals surface area contributed by atoms with Crippen molar-refractivity contribution in [3.63, 3.8) is 0 Å². The van der Waals surface area contributed by atoms with Gasteiger partial charge in [-0.2, -0.15) is 0 Å². The fourth-order valence-electron chi connectivity index (χ4n) is 16.0. The summed E-state index contributed by atoms with van der Waals surface area (Å²) in [4.78, 5) is 4.80. The van der Waals surface area contributed by atoms with Crippen LogP contribution >= 0.6 is 0 Å². The molecule has 0 saturated heterocycles. The summed E-state index contributed by atoms with van der Waals surface area (Å²) < 4.78 is 23.1. The molecule has 0 unspecified atom stereocenters. The van der Waals surface area contributed by atoms with Crippen LogP contribution in [0.15, 0.2) is 373 Å². The molecule has 0 saturated carbocycles. The van der Waals surface area contributed by atoms with Gasteiger partial charge in [-0.3, -0.25) is 0 Å². The zero-order valence-electron chi connectivity index (χ0n) is 56.1. The Balaban J connectivity index is 0.000000134. The molecule has 16 aromatic carbocycles. The van der Waals surface area contributed by atoms with E-state index in [1.54, 1.807) is 0 Å². The van der Waals surface area contributed by atoms with Gasteiger partial charge >= 0.3 is 474 Å². The molecule has 8 heteroatoms. The maximum absolute atomic E-state index is 6.38. The zero-order valence-corrected chi connectivity index (χ0v) is 59.5. The molecule has 0 aliphatic rings. The normalized spacial score (nSPS) is 11.8. The molecule has 0 aliphatic carbocycles. The number of nitrogens with zero attached hydrogens (tertiary/aromatic N) is 4. The molecule has 6 heterocycles. The van der Waals surface area contributed by atoms with Gasteiger partial charge in [-0.25, -0.2) is 0 Å². The van der Waals surface area contributed by atoms with Gasteiger partial charge in [0.25, 0.3) is 0 Å². The molecule has 0 N–H and O–H groups in total. The van der Waals surface area contributed by atoms with E-state index in [2.05, 4.69) is 365 Å². The maximum atomic E-state index is 6.38. The van der Waals surface area contributed by atoms with Crippen molar-refractivity contribution in [3.8, 4) is 33.6 Å². The first-order valence-corrected chi connectivity index (χ1v) is 38.6. The molecule has 0 amide bonds. The van der Waals surface area contributed by atoms with Crippen molar-refractivity contribution in [2.24, 2.45) is 0 Å². The van der Waals surface area contributed by atoms with Crippen LogP contribution in [0.2, 0.25) is 0 Å². The van der Waals surface area contributed by atoms with Gasteiger partial charge in [0.2, 0.25) is 0 Å². The number of aromatic nitrogens is 2. The smallest absolute Gasteiger partial charge is 0.0602 e. The molecule has 488 valence electrons. The summed E-state index contributed by atoms with van der Waals surface area (Å²) in [5.74, 6) is 0. The standard InChI is InChI=1S/2C48H30N2OSe/c1-2-11-33(12-3-1)50-41-16-7-4-13-36(41)40-29-32(23-28-42(40)50)31-21-24-34(25-22-31)49(35-26-27-38-37-14-6-9-20-46(37)52-47(38)30-35)43-17-10-19-45-48(43)39-15-5-8-18-44(39)51-45;1-2-10-33(11-3-1)50-43-15-7-4-12-37(43)41-28-32(20-26-44(41)50)31-18-21-34(22-19-31)49(35-24-27-46-42(29-35)38-13-5-8-16-45(38)51-46)36-23-25-40-39-14-6-9-17-47(39)52-48(40)30-36/h2*1-30H. The van der Waals surface area contributed by atoms with E-state index in [1.807, 2.05) is 18.2 Å². The van der Waals surface area contributed by atoms with E-state index in [0.29, 0.717) is 0 Å². The average Bonchev–Trinajstić information content (AvgIpc) is 1.59. The second-order valence-electron chi connectivity index (χ2n) is 26.7. The van der Waals surface area contributed by atoms with Crippen LogP contribution in [0.5, 0.6) is 0 Å². The second-order valence-corrected chi connectivity index (χ2v) is 31.2. The fraction of sp³-hybridized carbons (Fsp3) is 0. The van der Waals surface area contributed by atoms with E-state index >= 15 is 0 Å². The zero-order chi connectivity index (χ0) is 68.3. The second kappa shape index (κ2) is 24.6. The topological polar surface area (TPSA) is 42.6 Å². The third kappa shape index (κ3) is 9.98. The Bertz CT molecular complexity index is 7120. The fourth-order valence-corrected chi connectivity index (χ4v) is 20.8. The van der Waals surface area contributed by atoms with Gasteiger partial charge in [0.1, 0.15) is 0 Å². The van der Waals surface area contributed by atoms with Gasteiger partial charge < -0.3 is 9.13 Å². The number of benzene rings is 16. The minimum absolute atomic E-state index is 0.258. The quantitative estimate of drug-likeness (QED) is 0.128. The number of para-hydroxylation sites is 6. The van der Waals surface area contributed by atoms with Crippen molar-refractivity contribution in [1.82, 2.24) is 9.13 Å². The molecule has 6 aromatic heterocycles. The van der Waals surface area contributed by atoms with Gasteiger partial charge in [-0.15, -0.1) is 0 Å². The first-order chi connectivity index (χ1) is 51.5. The predicted octanol–water partition coefficient (Wildman–Crippen LogP) is 26.4. The van der Waals surface area contributed by atoms with E-state index in [-0.39, 0.29) is 29.0 Å². The summed E-state index contributed by atoms with van der Waals surface area (Å²) >= 11 is 0.526. The number of hydrogen-bond donors (Lipinski definition) is 0.